The summed E-state index contributed by atoms with van der Waals surface area (Å²) in [6, 6.07) is 0. The third-order valence-electron chi connectivity index (χ3n) is 14.1. The zero-order valence-corrected chi connectivity index (χ0v) is 47.4. The summed E-state index contributed by atoms with van der Waals surface area (Å²) in [5.41, 5.74) is 0. The fourth-order valence-electron chi connectivity index (χ4n) is 9.36. The van der Waals surface area contributed by atoms with E-state index in [-0.39, 0.29) is 32.2 Å². The molecular formula is C61H119NO8. The van der Waals surface area contributed by atoms with Crippen LogP contribution in [0.4, 0.5) is 0 Å². The normalized spacial score (nSPS) is 12.6. The maximum absolute atomic E-state index is 12.8. The lowest BCUT2D eigenvalue weighted by Crippen LogP contribution is -2.44. The van der Waals surface area contributed by atoms with Gasteiger partial charge >= 0.3 is 11.9 Å². The number of ether oxygens (including phenoxy) is 4. The Morgan fingerprint density at radius 3 is 0.914 bits per heavy atom. The van der Waals surface area contributed by atoms with Crippen LogP contribution in [0.1, 0.15) is 316 Å². The molecular weight excluding hydrogens is 875 g/mol. The molecule has 0 aromatic rings. The van der Waals surface area contributed by atoms with E-state index in [1.165, 1.54) is 250 Å². The molecule has 0 aliphatic heterocycles. The van der Waals surface area contributed by atoms with E-state index in [9.17, 15) is 19.5 Å². The fraction of sp³-hybridized carbons (Fsp3) is 0.951. The summed E-state index contributed by atoms with van der Waals surface area (Å²) in [6.07, 6.45) is 58.1. The minimum absolute atomic E-state index is 0.153. The Hall–Kier alpha value is -1.71. The van der Waals surface area contributed by atoms with Gasteiger partial charge in [0.25, 0.3) is 0 Å². The van der Waals surface area contributed by atoms with Crippen LogP contribution < -0.4 is 5.11 Å². The molecule has 0 fully saturated rings. The number of likely N-dealkylation sites (N-methyl/N-ethyl adjacent to an activating group) is 1. The van der Waals surface area contributed by atoms with Crippen molar-refractivity contribution in [3.63, 3.8) is 0 Å². The standard InChI is InChI=1S/C61H119NO8/c1-6-8-10-12-14-15-16-17-18-19-20-21-22-23-24-25-26-27-28-29-30-31-32-33-34-35-36-37-38-39-40-41-42-43-44-46-48-50-52-59(64)70-57(55-68-58(63)51-49-47-45-13-11-9-7-2)56-69-61(60(65)66)67-54-53-62(3,4)5/h57,61H,6-56H2,1-5H3. The number of carbonyl (C=O) groups excluding carboxylic acids is 3. The lowest BCUT2D eigenvalue weighted by Gasteiger charge is -2.26. The first kappa shape index (κ1) is 68.3. The number of unbranched alkanes of at least 4 members (excludes halogenated alkanes) is 43. The molecule has 0 amide bonds. The molecule has 0 aliphatic carbocycles. The average molecular weight is 995 g/mol. The SMILES string of the molecule is CCCCCCCCCCCCCCCCCCCCCCCCCCCCCCCCCCCCCCCCC(=O)OC(COC(=O)CCCCCCCCC)COC(OCC[N+](C)(C)C)C(=O)[O-]. The lowest BCUT2D eigenvalue weighted by molar-refractivity contribution is -0.870. The van der Waals surface area contributed by atoms with E-state index in [1.54, 1.807) is 0 Å². The Balaban J connectivity index is 3.78. The van der Waals surface area contributed by atoms with E-state index in [1.807, 2.05) is 21.1 Å². The largest absolute Gasteiger partial charge is 0.545 e. The third-order valence-corrected chi connectivity index (χ3v) is 14.1. The van der Waals surface area contributed by atoms with Gasteiger partial charge in [-0.15, -0.1) is 0 Å². The summed E-state index contributed by atoms with van der Waals surface area (Å²) in [5, 5.41) is 11.7. The number of nitrogens with zero attached hydrogens (tertiary/aromatic N) is 1. The van der Waals surface area contributed by atoms with Crippen LogP contribution in [0.2, 0.25) is 0 Å². The van der Waals surface area contributed by atoms with Crippen molar-refractivity contribution in [2.75, 3.05) is 47.5 Å². The first-order valence-corrected chi connectivity index (χ1v) is 30.7. The summed E-state index contributed by atoms with van der Waals surface area (Å²) in [6.45, 7) is 4.74. The van der Waals surface area contributed by atoms with Crippen molar-refractivity contribution in [3.8, 4) is 0 Å². The van der Waals surface area contributed by atoms with Crippen molar-refractivity contribution in [1.82, 2.24) is 0 Å². The highest BCUT2D eigenvalue weighted by Crippen LogP contribution is 2.18. The van der Waals surface area contributed by atoms with Crippen molar-refractivity contribution in [2.24, 2.45) is 0 Å². The van der Waals surface area contributed by atoms with Gasteiger partial charge in [0.2, 0.25) is 0 Å². The topological polar surface area (TPSA) is 111 Å². The summed E-state index contributed by atoms with van der Waals surface area (Å²) in [4.78, 5) is 36.9. The summed E-state index contributed by atoms with van der Waals surface area (Å²) in [5.74, 6) is -2.27. The van der Waals surface area contributed by atoms with Gasteiger partial charge in [-0.1, -0.05) is 290 Å². The van der Waals surface area contributed by atoms with Gasteiger partial charge in [0, 0.05) is 12.8 Å². The van der Waals surface area contributed by atoms with Gasteiger partial charge in [0.1, 0.15) is 13.2 Å². The van der Waals surface area contributed by atoms with Crippen LogP contribution in [-0.2, 0) is 33.3 Å². The van der Waals surface area contributed by atoms with Gasteiger partial charge in [-0.25, -0.2) is 0 Å². The Labute approximate surface area is 434 Å². The highest BCUT2D eigenvalue weighted by atomic mass is 16.7. The van der Waals surface area contributed by atoms with Gasteiger partial charge in [0.05, 0.1) is 40.3 Å². The number of quaternary nitrogens is 1. The maximum atomic E-state index is 12.8. The minimum Gasteiger partial charge on any atom is -0.545 e. The summed E-state index contributed by atoms with van der Waals surface area (Å²) < 4.78 is 22.6. The Morgan fingerprint density at radius 2 is 0.643 bits per heavy atom. The number of aliphatic carboxylic acids is 1. The second-order valence-electron chi connectivity index (χ2n) is 22.4. The van der Waals surface area contributed by atoms with E-state index in [2.05, 4.69) is 13.8 Å². The average Bonchev–Trinajstić information content (AvgIpc) is 3.33. The smallest absolute Gasteiger partial charge is 0.306 e. The maximum Gasteiger partial charge on any atom is 0.306 e. The van der Waals surface area contributed by atoms with Gasteiger partial charge < -0.3 is 33.3 Å². The molecule has 70 heavy (non-hydrogen) atoms. The van der Waals surface area contributed by atoms with Crippen molar-refractivity contribution < 1.29 is 42.9 Å². The third kappa shape index (κ3) is 54.1. The Kier molecular flexibility index (Phi) is 52.3. The van der Waals surface area contributed by atoms with Gasteiger partial charge in [-0.2, -0.15) is 0 Å². The van der Waals surface area contributed by atoms with Crippen LogP contribution in [0, 0.1) is 0 Å². The second-order valence-corrected chi connectivity index (χ2v) is 22.4. The van der Waals surface area contributed by atoms with E-state index >= 15 is 0 Å². The molecule has 0 saturated heterocycles. The molecule has 0 aromatic carbocycles. The lowest BCUT2D eigenvalue weighted by atomic mass is 10.0. The number of hydrogen-bond acceptors (Lipinski definition) is 8. The number of esters is 2. The highest BCUT2D eigenvalue weighted by Gasteiger charge is 2.22. The van der Waals surface area contributed by atoms with E-state index in [4.69, 9.17) is 18.9 Å². The predicted molar refractivity (Wildman–Crippen MR) is 293 cm³/mol. The Morgan fingerprint density at radius 1 is 0.371 bits per heavy atom. The number of carboxylic acid groups (broad SMARTS) is 1. The van der Waals surface area contributed by atoms with E-state index in [0.29, 0.717) is 17.4 Å². The molecule has 0 radical (unpaired) electrons. The minimum atomic E-state index is -1.61. The molecule has 0 bridgehead atoms. The number of rotatable bonds is 58. The van der Waals surface area contributed by atoms with Crippen LogP contribution >= 0.6 is 0 Å². The number of hydrogen-bond donors (Lipinski definition) is 0. The van der Waals surface area contributed by atoms with Crippen molar-refractivity contribution in [1.29, 1.82) is 0 Å². The molecule has 9 heteroatoms. The number of carbonyl (C=O) groups is 3. The second kappa shape index (κ2) is 53.6. The van der Waals surface area contributed by atoms with E-state index < -0.39 is 24.3 Å². The van der Waals surface area contributed by atoms with Gasteiger partial charge in [0.15, 0.2) is 12.4 Å². The fourth-order valence-corrected chi connectivity index (χ4v) is 9.36. The van der Waals surface area contributed by atoms with Crippen molar-refractivity contribution in [2.45, 2.75) is 328 Å². The molecule has 2 unspecified atom stereocenters. The monoisotopic (exact) mass is 994 g/mol. The molecule has 0 N–H and O–H groups in total. The van der Waals surface area contributed by atoms with Crippen LogP contribution in [0.5, 0.6) is 0 Å². The van der Waals surface area contributed by atoms with Crippen molar-refractivity contribution >= 4 is 17.9 Å². The molecule has 9 nitrogen and oxygen atoms in total. The molecule has 416 valence electrons. The molecule has 0 aromatic heterocycles. The first-order chi connectivity index (χ1) is 34.1. The number of carboxylic acids is 1. The Bertz CT molecular complexity index is 1110. The predicted octanol–water partition coefficient (Wildman–Crippen LogP) is 16.6. The first-order valence-electron chi connectivity index (χ1n) is 30.7. The van der Waals surface area contributed by atoms with Crippen LogP contribution in [0.25, 0.3) is 0 Å². The molecule has 0 spiro atoms. The zero-order valence-electron chi connectivity index (χ0n) is 47.4. The summed E-state index contributed by atoms with van der Waals surface area (Å²) >= 11 is 0. The molecule has 0 heterocycles. The summed E-state index contributed by atoms with van der Waals surface area (Å²) in [7, 11) is 5.92. The van der Waals surface area contributed by atoms with Gasteiger partial charge in [-0.05, 0) is 12.8 Å². The molecule has 0 rings (SSSR count). The zero-order chi connectivity index (χ0) is 51.3. The van der Waals surface area contributed by atoms with Crippen molar-refractivity contribution in [3.05, 3.63) is 0 Å². The van der Waals surface area contributed by atoms with E-state index in [0.717, 1.165) is 38.5 Å². The van der Waals surface area contributed by atoms with Gasteiger partial charge in [-0.3, -0.25) is 9.59 Å². The quantitative estimate of drug-likeness (QED) is 0.0256. The molecule has 0 aliphatic rings. The molecule has 2 atom stereocenters. The molecule has 0 saturated carbocycles. The van der Waals surface area contributed by atoms with Crippen LogP contribution in [-0.4, -0.2) is 82.3 Å². The van der Waals surface area contributed by atoms with Crippen LogP contribution in [0.3, 0.4) is 0 Å². The highest BCUT2D eigenvalue weighted by molar-refractivity contribution is 5.70. The van der Waals surface area contributed by atoms with Crippen LogP contribution in [0.15, 0.2) is 0 Å².